The summed E-state index contributed by atoms with van der Waals surface area (Å²) in [5, 5.41) is 0. The molecule has 0 bridgehead atoms. The number of carbonyl (C=O) groups is 1. The molecular weight excluding hydrogens is 366 g/mol. The monoisotopic (exact) mass is 403 g/mol. The molecule has 1 aromatic heterocycles. The van der Waals surface area contributed by atoms with Crippen LogP contribution in [0, 0.1) is 5.92 Å². The van der Waals surface area contributed by atoms with Gasteiger partial charge in [0.2, 0.25) is 5.91 Å². The van der Waals surface area contributed by atoms with Crippen LogP contribution in [0.4, 0.5) is 11.6 Å². The molecule has 0 unspecified atom stereocenters. The van der Waals surface area contributed by atoms with E-state index < -0.39 is 0 Å². The number of fused-ring (bicyclic) bond motifs is 1. The minimum atomic E-state index is 0.0666. The smallest absolute Gasteiger partial charge is 0.320 e. The third-order valence-corrected chi connectivity index (χ3v) is 6.23. The quantitative estimate of drug-likeness (QED) is 0.603. The van der Waals surface area contributed by atoms with Gasteiger partial charge in [-0.25, -0.2) is 0 Å². The summed E-state index contributed by atoms with van der Waals surface area (Å²) in [5.74, 6) is 1.91. The molecule has 7 heteroatoms. The van der Waals surface area contributed by atoms with Crippen molar-refractivity contribution in [1.82, 2.24) is 14.9 Å². The molecule has 3 rings (SSSR count). The highest BCUT2D eigenvalue weighted by molar-refractivity contribution is 6.01. The first-order valence-electron chi connectivity index (χ1n) is 11.3. The number of ether oxygens (including phenoxy) is 1. The molecule has 0 atom stereocenters. The second-order valence-corrected chi connectivity index (χ2v) is 8.69. The van der Waals surface area contributed by atoms with Gasteiger partial charge in [-0.15, -0.1) is 0 Å². The number of nitrogens with zero attached hydrogens (tertiary/aromatic N) is 4. The summed E-state index contributed by atoms with van der Waals surface area (Å²) >= 11 is 0. The van der Waals surface area contributed by atoms with Gasteiger partial charge in [-0.1, -0.05) is 26.2 Å². The lowest BCUT2D eigenvalue weighted by atomic mass is 9.91. The van der Waals surface area contributed by atoms with Crippen LogP contribution in [-0.4, -0.2) is 53.1 Å². The van der Waals surface area contributed by atoms with Gasteiger partial charge in [0.1, 0.15) is 11.6 Å². The highest BCUT2D eigenvalue weighted by atomic mass is 16.5. The van der Waals surface area contributed by atoms with E-state index in [1.165, 1.54) is 32.4 Å². The van der Waals surface area contributed by atoms with Gasteiger partial charge in [-0.2, -0.15) is 9.97 Å². The molecular formula is C22H37N5O2. The van der Waals surface area contributed by atoms with Gasteiger partial charge in [-0.3, -0.25) is 9.69 Å². The van der Waals surface area contributed by atoms with Gasteiger partial charge in [0.25, 0.3) is 0 Å². The van der Waals surface area contributed by atoms with Crippen LogP contribution in [0.15, 0.2) is 0 Å². The second kappa shape index (κ2) is 10.2. The fraction of sp³-hybridized carbons (Fsp3) is 0.773. The number of nitrogen functional groups attached to an aromatic ring is 1. The fourth-order valence-electron chi connectivity index (χ4n) is 4.29. The molecule has 0 aromatic carbocycles. The Kier molecular flexibility index (Phi) is 7.70. The Morgan fingerprint density at radius 3 is 2.62 bits per heavy atom. The molecule has 1 saturated heterocycles. The first-order chi connectivity index (χ1) is 14.0. The number of nitrogens with two attached hydrogens (primary N) is 1. The van der Waals surface area contributed by atoms with Crippen LogP contribution in [0.3, 0.4) is 0 Å². The number of aromatic nitrogens is 2. The minimum absolute atomic E-state index is 0.0666. The Labute approximate surface area is 175 Å². The van der Waals surface area contributed by atoms with Crippen molar-refractivity contribution in [3.63, 3.8) is 0 Å². The van der Waals surface area contributed by atoms with Crippen LogP contribution in [0.2, 0.25) is 0 Å². The van der Waals surface area contributed by atoms with Gasteiger partial charge in [-0.05, 0) is 58.5 Å². The first-order valence-corrected chi connectivity index (χ1v) is 11.3. The molecule has 1 fully saturated rings. The molecule has 0 aliphatic carbocycles. The van der Waals surface area contributed by atoms with Gasteiger partial charge in [0, 0.05) is 18.2 Å². The normalized spacial score (nSPS) is 17.9. The SMILES string of the molecule is CCCCOc1nc(N)c2c(n1)N(CCCCC1CCN(C(C)C)CC1)C(=O)C2. The lowest BCUT2D eigenvalue weighted by Gasteiger charge is -2.34. The summed E-state index contributed by atoms with van der Waals surface area (Å²) in [5.41, 5.74) is 6.82. The van der Waals surface area contributed by atoms with E-state index in [9.17, 15) is 4.79 Å². The van der Waals surface area contributed by atoms with Crippen molar-refractivity contribution in [2.75, 3.05) is 36.9 Å². The molecule has 1 amide bonds. The number of amides is 1. The summed E-state index contributed by atoms with van der Waals surface area (Å²) in [4.78, 5) is 25.6. The average molecular weight is 404 g/mol. The summed E-state index contributed by atoms with van der Waals surface area (Å²) in [7, 11) is 0. The molecule has 29 heavy (non-hydrogen) atoms. The predicted octanol–water partition coefficient (Wildman–Crippen LogP) is 3.42. The van der Waals surface area contributed by atoms with E-state index in [1.807, 2.05) is 0 Å². The van der Waals surface area contributed by atoms with E-state index in [0.717, 1.165) is 37.2 Å². The third-order valence-electron chi connectivity index (χ3n) is 6.23. The van der Waals surface area contributed by atoms with Crippen molar-refractivity contribution in [2.45, 2.75) is 78.2 Å². The largest absolute Gasteiger partial charge is 0.463 e. The van der Waals surface area contributed by atoms with E-state index in [0.29, 0.717) is 37.3 Å². The molecule has 2 aliphatic heterocycles. The zero-order valence-corrected chi connectivity index (χ0v) is 18.3. The summed E-state index contributed by atoms with van der Waals surface area (Å²) in [6.45, 7) is 10.4. The lowest BCUT2D eigenvalue weighted by Crippen LogP contribution is -2.38. The summed E-state index contributed by atoms with van der Waals surface area (Å²) in [6.07, 6.45) is 8.26. The van der Waals surface area contributed by atoms with Gasteiger partial charge in [0.05, 0.1) is 13.0 Å². The molecule has 2 aliphatic rings. The second-order valence-electron chi connectivity index (χ2n) is 8.69. The fourth-order valence-corrected chi connectivity index (χ4v) is 4.29. The number of piperidine rings is 1. The average Bonchev–Trinajstić information content (AvgIpc) is 3.02. The van der Waals surface area contributed by atoms with Crippen molar-refractivity contribution >= 4 is 17.5 Å². The number of carbonyl (C=O) groups excluding carboxylic acids is 1. The molecule has 1 aromatic rings. The Morgan fingerprint density at radius 1 is 1.17 bits per heavy atom. The van der Waals surface area contributed by atoms with Crippen molar-refractivity contribution in [2.24, 2.45) is 5.92 Å². The van der Waals surface area contributed by atoms with Crippen LogP contribution < -0.4 is 15.4 Å². The van der Waals surface area contributed by atoms with E-state index in [4.69, 9.17) is 10.5 Å². The highest BCUT2D eigenvalue weighted by Gasteiger charge is 2.32. The number of anilines is 2. The minimum Gasteiger partial charge on any atom is -0.463 e. The number of hydrogen-bond donors (Lipinski definition) is 1. The van der Waals surface area contributed by atoms with Crippen LogP contribution in [0.5, 0.6) is 6.01 Å². The van der Waals surface area contributed by atoms with Crippen LogP contribution in [0.25, 0.3) is 0 Å². The maximum atomic E-state index is 12.5. The molecule has 3 heterocycles. The topological polar surface area (TPSA) is 84.6 Å². The van der Waals surface area contributed by atoms with Crippen LogP contribution in [0.1, 0.15) is 71.3 Å². The van der Waals surface area contributed by atoms with Crippen molar-refractivity contribution < 1.29 is 9.53 Å². The maximum Gasteiger partial charge on any atom is 0.320 e. The van der Waals surface area contributed by atoms with Crippen LogP contribution >= 0.6 is 0 Å². The summed E-state index contributed by atoms with van der Waals surface area (Å²) < 4.78 is 5.62. The van der Waals surface area contributed by atoms with Gasteiger partial charge in [0.15, 0.2) is 0 Å². The Hall–Kier alpha value is -1.89. The number of likely N-dealkylation sites (tertiary alicyclic amines) is 1. The zero-order valence-electron chi connectivity index (χ0n) is 18.3. The van der Waals surface area contributed by atoms with Crippen molar-refractivity contribution in [1.29, 1.82) is 0 Å². The molecule has 7 nitrogen and oxygen atoms in total. The predicted molar refractivity (Wildman–Crippen MR) is 116 cm³/mol. The van der Waals surface area contributed by atoms with Crippen molar-refractivity contribution in [3.05, 3.63) is 5.56 Å². The number of rotatable bonds is 10. The zero-order chi connectivity index (χ0) is 20.8. The Balaban J connectivity index is 1.49. The maximum absolute atomic E-state index is 12.5. The van der Waals surface area contributed by atoms with Crippen LogP contribution in [-0.2, 0) is 11.2 Å². The van der Waals surface area contributed by atoms with Crippen molar-refractivity contribution in [3.8, 4) is 6.01 Å². The molecule has 0 radical (unpaired) electrons. The first kappa shape index (κ1) is 21.8. The molecule has 0 saturated carbocycles. The third kappa shape index (κ3) is 5.59. The van der Waals surface area contributed by atoms with E-state index >= 15 is 0 Å². The molecule has 162 valence electrons. The van der Waals surface area contributed by atoms with Gasteiger partial charge < -0.3 is 15.4 Å². The van der Waals surface area contributed by atoms with E-state index in [-0.39, 0.29) is 11.9 Å². The Bertz CT molecular complexity index is 686. The van der Waals surface area contributed by atoms with E-state index in [2.05, 4.69) is 35.6 Å². The summed E-state index contributed by atoms with van der Waals surface area (Å²) in [6, 6.07) is 0.939. The molecule has 0 spiro atoms. The van der Waals surface area contributed by atoms with Gasteiger partial charge >= 0.3 is 6.01 Å². The van der Waals surface area contributed by atoms with E-state index in [1.54, 1.807) is 4.90 Å². The standard InChI is InChI=1S/C22H37N5O2/c1-4-5-14-29-22-24-20(23)18-15-19(28)27(21(18)25-22)11-7-6-8-17-9-12-26(13-10-17)16(2)3/h16-17H,4-15H2,1-3H3,(H2,23,24,25). The Morgan fingerprint density at radius 2 is 1.93 bits per heavy atom. The number of hydrogen-bond acceptors (Lipinski definition) is 6. The number of unbranched alkanes of at least 4 members (excludes halogenated alkanes) is 2. The lowest BCUT2D eigenvalue weighted by molar-refractivity contribution is -0.117. The molecule has 2 N–H and O–H groups in total. The highest BCUT2D eigenvalue weighted by Crippen LogP contribution is 2.32.